The van der Waals surface area contributed by atoms with Gasteiger partial charge >= 0.3 is 0 Å². The second-order valence-electron chi connectivity index (χ2n) is 6.77. The van der Waals surface area contributed by atoms with E-state index >= 15 is 0 Å². The second-order valence-corrected chi connectivity index (χ2v) is 6.77. The Balaban J connectivity index is 1.79. The van der Waals surface area contributed by atoms with E-state index < -0.39 is 5.92 Å². The van der Waals surface area contributed by atoms with Crippen LogP contribution in [0.5, 0.6) is 11.5 Å². The summed E-state index contributed by atoms with van der Waals surface area (Å²) in [7, 11) is 3.13. The number of aryl methyl sites for hydroxylation is 2. The highest BCUT2D eigenvalue weighted by atomic mass is 16.5. The molecule has 27 heavy (non-hydrogen) atoms. The molecular weight excluding hydrogens is 344 g/mol. The smallest absolute Gasteiger partial charge is 0.229 e. The van der Waals surface area contributed by atoms with E-state index in [1.807, 2.05) is 50.2 Å². The van der Waals surface area contributed by atoms with Gasteiger partial charge < -0.3 is 19.7 Å². The Morgan fingerprint density at radius 1 is 1.04 bits per heavy atom. The van der Waals surface area contributed by atoms with Gasteiger partial charge in [0.2, 0.25) is 11.8 Å². The van der Waals surface area contributed by atoms with Crippen molar-refractivity contribution >= 4 is 23.2 Å². The SMILES string of the molecule is COc1ccc(C)cc1NC(=O)C1CC(=O)N(c2cc(C)ccc2OC)C1. The summed E-state index contributed by atoms with van der Waals surface area (Å²) in [6.07, 6.45) is 0.164. The zero-order valence-corrected chi connectivity index (χ0v) is 16.0. The molecule has 1 atom stereocenters. The van der Waals surface area contributed by atoms with Crippen LogP contribution in [0.25, 0.3) is 0 Å². The standard InChI is InChI=1S/C21H24N2O4/c1-13-5-7-18(26-3)16(9-13)22-21(25)15-11-20(24)23(12-15)17-10-14(2)6-8-19(17)27-4/h5-10,15H,11-12H2,1-4H3,(H,22,25). The van der Waals surface area contributed by atoms with E-state index in [1.165, 1.54) is 0 Å². The number of hydrogen-bond acceptors (Lipinski definition) is 4. The van der Waals surface area contributed by atoms with Crippen LogP contribution >= 0.6 is 0 Å². The van der Waals surface area contributed by atoms with Crippen LogP contribution in [-0.2, 0) is 9.59 Å². The summed E-state index contributed by atoms with van der Waals surface area (Å²) in [5, 5.41) is 2.90. The molecule has 2 aromatic rings. The Labute approximate surface area is 159 Å². The normalized spacial score (nSPS) is 16.4. The molecule has 0 aromatic heterocycles. The van der Waals surface area contributed by atoms with Crippen molar-refractivity contribution in [3.63, 3.8) is 0 Å². The first-order valence-electron chi connectivity index (χ1n) is 8.83. The summed E-state index contributed by atoms with van der Waals surface area (Å²) in [6, 6.07) is 11.3. The quantitative estimate of drug-likeness (QED) is 0.879. The Kier molecular flexibility index (Phi) is 5.35. The number of ether oxygens (including phenoxy) is 2. The number of methoxy groups -OCH3 is 2. The molecule has 1 unspecified atom stereocenters. The highest BCUT2D eigenvalue weighted by molar-refractivity contribution is 6.04. The molecule has 6 heteroatoms. The molecule has 0 bridgehead atoms. The fraction of sp³-hybridized carbons (Fsp3) is 0.333. The minimum Gasteiger partial charge on any atom is -0.495 e. The summed E-state index contributed by atoms with van der Waals surface area (Å²) < 4.78 is 10.7. The Hall–Kier alpha value is -3.02. The monoisotopic (exact) mass is 368 g/mol. The van der Waals surface area contributed by atoms with Gasteiger partial charge in [-0.25, -0.2) is 0 Å². The predicted octanol–water partition coefficient (Wildman–Crippen LogP) is 3.31. The fourth-order valence-corrected chi connectivity index (χ4v) is 3.28. The molecule has 0 radical (unpaired) electrons. The molecule has 2 amide bonds. The first kappa shape index (κ1) is 18.8. The number of nitrogens with one attached hydrogen (secondary N) is 1. The molecule has 2 aromatic carbocycles. The summed E-state index contributed by atoms with van der Waals surface area (Å²) in [5.74, 6) is 0.496. The van der Waals surface area contributed by atoms with Crippen LogP contribution in [0.15, 0.2) is 36.4 Å². The van der Waals surface area contributed by atoms with Crippen molar-refractivity contribution in [2.75, 3.05) is 31.0 Å². The fourth-order valence-electron chi connectivity index (χ4n) is 3.28. The van der Waals surface area contributed by atoms with Crippen molar-refractivity contribution in [1.82, 2.24) is 0 Å². The van der Waals surface area contributed by atoms with Gasteiger partial charge in [0.05, 0.1) is 31.5 Å². The molecule has 1 aliphatic rings. The molecule has 1 aliphatic heterocycles. The van der Waals surface area contributed by atoms with Crippen molar-refractivity contribution in [2.24, 2.45) is 5.92 Å². The van der Waals surface area contributed by atoms with E-state index in [-0.39, 0.29) is 18.2 Å². The minimum absolute atomic E-state index is 0.0877. The van der Waals surface area contributed by atoms with Gasteiger partial charge in [0.25, 0.3) is 0 Å². The van der Waals surface area contributed by atoms with Gasteiger partial charge in [-0.1, -0.05) is 12.1 Å². The lowest BCUT2D eigenvalue weighted by atomic mass is 10.1. The van der Waals surface area contributed by atoms with Gasteiger partial charge in [0.15, 0.2) is 0 Å². The lowest BCUT2D eigenvalue weighted by Crippen LogP contribution is -2.28. The lowest BCUT2D eigenvalue weighted by molar-refractivity contribution is -0.122. The zero-order valence-electron chi connectivity index (χ0n) is 16.0. The van der Waals surface area contributed by atoms with Crippen LogP contribution in [0.2, 0.25) is 0 Å². The van der Waals surface area contributed by atoms with Gasteiger partial charge in [-0.05, 0) is 49.2 Å². The van der Waals surface area contributed by atoms with Crippen LogP contribution in [0, 0.1) is 19.8 Å². The Morgan fingerprint density at radius 2 is 1.67 bits per heavy atom. The van der Waals surface area contributed by atoms with E-state index in [1.54, 1.807) is 19.1 Å². The van der Waals surface area contributed by atoms with Crippen LogP contribution in [-0.4, -0.2) is 32.6 Å². The average molecular weight is 368 g/mol. The number of anilines is 2. The van der Waals surface area contributed by atoms with Crippen molar-refractivity contribution < 1.29 is 19.1 Å². The van der Waals surface area contributed by atoms with E-state index in [0.717, 1.165) is 11.1 Å². The van der Waals surface area contributed by atoms with Gasteiger partial charge in [0, 0.05) is 13.0 Å². The highest BCUT2D eigenvalue weighted by Gasteiger charge is 2.36. The summed E-state index contributed by atoms with van der Waals surface area (Å²) in [5.41, 5.74) is 3.35. The molecule has 1 heterocycles. The number of carbonyl (C=O) groups is 2. The van der Waals surface area contributed by atoms with Crippen LogP contribution in [0.3, 0.4) is 0 Å². The topological polar surface area (TPSA) is 67.9 Å². The van der Waals surface area contributed by atoms with Crippen LogP contribution in [0.1, 0.15) is 17.5 Å². The number of amides is 2. The maximum absolute atomic E-state index is 12.8. The molecule has 0 aliphatic carbocycles. The molecule has 3 rings (SSSR count). The third-order valence-electron chi connectivity index (χ3n) is 4.73. The predicted molar refractivity (Wildman–Crippen MR) is 105 cm³/mol. The minimum atomic E-state index is -0.437. The molecule has 1 saturated heterocycles. The van der Waals surface area contributed by atoms with Gasteiger partial charge in [-0.3, -0.25) is 9.59 Å². The highest BCUT2D eigenvalue weighted by Crippen LogP contribution is 2.34. The second kappa shape index (κ2) is 7.70. The first-order chi connectivity index (χ1) is 12.9. The lowest BCUT2D eigenvalue weighted by Gasteiger charge is -2.20. The maximum Gasteiger partial charge on any atom is 0.229 e. The molecule has 0 saturated carbocycles. The molecule has 0 spiro atoms. The van der Waals surface area contributed by atoms with Crippen molar-refractivity contribution in [1.29, 1.82) is 0 Å². The summed E-state index contributed by atoms with van der Waals surface area (Å²) in [4.78, 5) is 27.0. The van der Waals surface area contributed by atoms with Crippen LogP contribution < -0.4 is 19.7 Å². The van der Waals surface area contributed by atoms with Crippen molar-refractivity contribution in [3.05, 3.63) is 47.5 Å². The van der Waals surface area contributed by atoms with Gasteiger partial charge in [-0.15, -0.1) is 0 Å². The number of hydrogen-bond donors (Lipinski definition) is 1. The maximum atomic E-state index is 12.8. The zero-order chi connectivity index (χ0) is 19.6. The van der Waals surface area contributed by atoms with Crippen LogP contribution in [0.4, 0.5) is 11.4 Å². The number of rotatable bonds is 5. The van der Waals surface area contributed by atoms with E-state index in [9.17, 15) is 9.59 Å². The molecule has 1 fully saturated rings. The van der Waals surface area contributed by atoms with Crippen molar-refractivity contribution in [3.8, 4) is 11.5 Å². The van der Waals surface area contributed by atoms with E-state index in [2.05, 4.69) is 5.32 Å². The number of nitrogens with zero attached hydrogens (tertiary/aromatic N) is 1. The van der Waals surface area contributed by atoms with E-state index in [0.29, 0.717) is 29.4 Å². The van der Waals surface area contributed by atoms with Gasteiger partial charge in [-0.2, -0.15) is 0 Å². The van der Waals surface area contributed by atoms with Gasteiger partial charge in [0.1, 0.15) is 11.5 Å². The largest absolute Gasteiger partial charge is 0.495 e. The number of benzene rings is 2. The first-order valence-corrected chi connectivity index (χ1v) is 8.83. The summed E-state index contributed by atoms with van der Waals surface area (Å²) in [6.45, 7) is 4.22. The molecular formula is C21H24N2O4. The molecule has 1 N–H and O–H groups in total. The van der Waals surface area contributed by atoms with E-state index in [4.69, 9.17) is 9.47 Å². The third-order valence-corrected chi connectivity index (χ3v) is 4.73. The Bertz CT molecular complexity index is 878. The average Bonchev–Trinajstić information content (AvgIpc) is 3.03. The number of carbonyl (C=O) groups excluding carboxylic acids is 2. The molecule has 6 nitrogen and oxygen atoms in total. The third kappa shape index (κ3) is 3.89. The molecule has 142 valence electrons. The van der Waals surface area contributed by atoms with Crippen molar-refractivity contribution in [2.45, 2.75) is 20.3 Å². The summed E-state index contributed by atoms with van der Waals surface area (Å²) >= 11 is 0. The Morgan fingerprint density at radius 3 is 2.33 bits per heavy atom.